The molecule has 2 heterocycles. The minimum Gasteiger partial charge on any atom is -0.301 e. The number of aryl methyl sites for hydroxylation is 1. The van der Waals surface area contributed by atoms with Gasteiger partial charge in [0.05, 0.1) is 11.1 Å². The van der Waals surface area contributed by atoms with E-state index in [0.29, 0.717) is 20.9 Å². The summed E-state index contributed by atoms with van der Waals surface area (Å²) >= 11 is 2.57. The fraction of sp³-hybridized carbons (Fsp3) is 0.133. The van der Waals surface area contributed by atoms with Gasteiger partial charge in [0.25, 0.3) is 5.56 Å². The first kappa shape index (κ1) is 14.9. The fourth-order valence-corrected chi connectivity index (χ4v) is 3.73. The van der Waals surface area contributed by atoms with Crippen molar-refractivity contribution in [2.45, 2.75) is 12.1 Å². The minimum atomic E-state index is -0.381. The molecule has 0 aliphatic carbocycles. The third-order valence-corrected chi connectivity index (χ3v) is 4.98. The third kappa shape index (κ3) is 2.95. The van der Waals surface area contributed by atoms with Crippen molar-refractivity contribution in [3.05, 3.63) is 56.9 Å². The van der Waals surface area contributed by atoms with E-state index >= 15 is 0 Å². The Morgan fingerprint density at radius 3 is 2.82 bits per heavy atom. The molecule has 2 aromatic heterocycles. The van der Waals surface area contributed by atoms with Crippen LogP contribution in [0.3, 0.4) is 0 Å². The Morgan fingerprint density at radius 1 is 1.36 bits per heavy atom. The van der Waals surface area contributed by atoms with Crippen LogP contribution in [-0.4, -0.2) is 21.5 Å². The van der Waals surface area contributed by atoms with Gasteiger partial charge in [-0.2, -0.15) is 0 Å². The maximum atomic E-state index is 12.8. The van der Waals surface area contributed by atoms with E-state index in [9.17, 15) is 14.0 Å². The number of Topliss-reactive ketones (excluding diaryl/α,β-unsaturated/α-hetero) is 1. The van der Waals surface area contributed by atoms with Crippen LogP contribution in [0.5, 0.6) is 0 Å². The number of carbonyl (C=O) groups excluding carboxylic acids is 1. The van der Waals surface area contributed by atoms with Gasteiger partial charge in [-0.3, -0.25) is 9.59 Å². The number of aromatic nitrogens is 2. The van der Waals surface area contributed by atoms with Crippen LogP contribution in [0, 0.1) is 12.7 Å². The number of thiophene rings is 1. The van der Waals surface area contributed by atoms with Gasteiger partial charge in [0.15, 0.2) is 10.9 Å². The van der Waals surface area contributed by atoms with Crippen molar-refractivity contribution in [1.29, 1.82) is 0 Å². The zero-order chi connectivity index (χ0) is 15.7. The van der Waals surface area contributed by atoms with Gasteiger partial charge in [-0.05, 0) is 42.1 Å². The van der Waals surface area contributed by atoms with E-state index in [1.165, 1.54) is 35.6 Å². The average molecular weight is 334 g/mol. The molecule has 0 fully saturated rings. The molecule has 0 spiro atoms. The van der Waals surface area contributed by atoms with Gasteiger partial charge in [-0.1, -0.05) is 11.8 Å². The standard InChI is InChI=1S/C15H11FN2O2S2/c1-8-6-21-14-12(8)13(20)17-15(18-14)22-7-11(19)9-2-4-10(16)5-3-9/h2-6H,7H2,1H3,(H,17,18,20). The molecule has 0 saturated carbocycles. The van der Waals surface area contributed by atoms with E-state index in [-0.39, 0.29) is 22.9 Å². The molecule has 22 heavy (non-hydrogen) atoms. The highest BCUT2D eigenvalue weighted by Crippen LogP contribution is 2.22. The summed E-state index contributed by atoms with van der Waals surface area (Å²) in [5.74, 6) is -0.395. The number of H-pyrrole nitrogens is 1. The molecule has 1 N–H and O–H groups in total. The number of nitrogens with zero attached hydrogens (tertiary/aromatic N) is 1. The summed E-state index contributed by atoms with van der Waals surface area (Å²) in [7, 11) is 0. The van der Waals surface area contributed by atoms with Gasteiger partial charge in [-0.25, -0.2) is 9.37 Å². The second-order valence-corrected chi connectivity index (χ2v) is 6.51. The highest BCUT2D eigenvalue weighted by atomic mass is 32.2. The molecule has 7 heteroatoms. The summed E-state index contributed by atoms with van der Waals surface area (Å²) in [6.45, 7) is 1.86. The van der Waals surface area contributed by atoms with Crippen molar-refractivity contribution >= 4 is 39.1 Å². The van der Waals surface area contributed by atoms with Crippen LogP contribution in [-0.2, 0) is 0 Å². The summed E-state index contributed by atoms with van der Waals surface area (Å²) in [6.07, 6.45) is 0. The molecule has 3 aromatic rings. The molecule has 1 aromatic carbocycles. The molecule has 0 amide bonds. The smallest absolute Gasteiger partial charge is 0.260 e. The molecule has 0 radical (unpaired) electrons. The number of aromatic amines is 1. The maximum Gasteiger partial charge on any atom is 0.260 e. The Labute approximate surface area is 133 Å². The third-order valence-electron chi connectivity index (χ3n) is 3.11. The van der Waals surface area contributed by atoms with E-state index < -0.39 is 0 Å². The van der Waals surface area contributed by atoms with Crippen LogP contribution in [0.25, 0.3) is 10.2 Å². The Kier molecular flexibility index (Phi) is 4.08. The zero-order valence-corrected chi connectivity index (χ0v) is 13.2. The van der Waals surface area contributed by atoms with Crippen LogP contribution in [0.15, 0.2) is 39.6 Å². The van der Waals surface area contributed by atoms with Gasteiger partial charge in [-0.15, -0.1) is 11.3 Å². The van der Waals surface area contributed by atoms with E-state index in [0.717, 1.165) is 17.3 Å². The molecule has 0 unspecified atom stereocenters. The summed E-state index contributed by atoms with van der Waals surface area (Å²) in [5, 5.41) is 2.89. The highest BCUT2D eigenvalue weighted by molar-refractivity contribution is 7.99. The summed E-state index contributed by atoms with van der Waals surface area (Å²) < 4.78 is 12.8. The first-order valence-corrected chi connectivity index (χ1v) is 8.31. The number of carbonyl (C=O) groups is 1. The number of ketones is 1. The lowest BCUT2D eigenvalue weighted by Crippen LogP contribution is -2.10. The largest absolute Gasteiger partial charge is 0.301 e. The number of thioether (sulfide) groups is 1. The molecule has 3 rings (SSSR count). The second kappa shape index (κ2) is 6.02. The summed E-state index contributed by atoms with van der Waals surface area (Å²) in [5.41, 5.74) is 1.14. The molecule has 0 saturated heterocycles. The van der Waals surface area contributed by atoms with Crippen molar-refractivity contribution in [2.24, 2.45) is 0 Å². The van der Waals surface area contributed by atoms with E-state index in [1.54, 1.807) is 0 Å². The fourth-order valence-electron chi connectivity index (χ4n) is 1.99. The minimum absolute atomic E-state index is 0.129. The lowest BCUT2D eigenvalue weighted by atomic mass is 10.1. The van der Waals surface area contributed by atoms with Crippen LogP contribution >= 0.6 is 23.1 Å². The van der Waals surface area contributed by atoms with Gasteiger partial charge in [0.2, 0.25) is 0 Å². The number of halogens is 1. The van der Waals surface area contributed by atoms with Crippen molar-refractivity contribution in [3.8, 4) is 0 Å². The number of nitrogens with one attached hydrogen (secondary N) is 1. The summed E-state index contributed by atoms with van der Waals surface area (Å²) in [6, 6.07) is 5.39. The van der Waals surface area contributed by atoms with E-state index in [4.69, 9.17) is 0 Å². The number of benzene rings is 1. The van der Waals surface area contributed by atoms with E-state index in [1.807, 2.05) is 12.3 Å². The van der Waals surface area contributed by atoms with Crippen LogP contribution in [0.1, 0.15) is 15.9 Å². The van der Waals surface area contributed by atoms with Crippen LogP contribution in [0.2, 0.25) is 0 Å². The quantitative estimate of drug-likeness (QED) is 0.451. The number of hydrogen-bond donors (Lipinski definition) is 1. The molecular weight excluding hydrogens is 323 g/mol. The SMILES string of the molecule is Cc1csc2nc(SCC(=O)c3ccc(F)cc3)[nH]c(=O)c12. The Bertz CT molecular complexity index is 900. The summed E-state index contributed by atoms with van der Waals surface area (Å²) in [4.78, 5) is 31.7. The van der Waals surface area contributed by atoms with Crippen molar-refractivity contribution in [2.75, 3.05) is 5.75 Å². The van der Waals surface area contributed by atoms with Gasteiger partial charge in [0, 0.05) is 5.56 Å². The topological polar surface area (TPSA) is 62.8 Å². The predicted octanol–water partition coefficient (Wildman–Crippen LogP) is 3.41. The molecular formula is C15H11FN2O2S2. The molecule has 0 aliphatic heterocycles. The first-order valence-electron chi connectivity index (χ1n) is 6.44. The zero-order valence-electron chi connectivity index (χ0n) is 11.6. The number of rotatable bonds is 4. The predicted molar refractivity (Wildman–Crippen MR) is 86.4 cm³/mol. The Morgan fingerprint density at radius 2 is 2.09 bits per heavy atom. The Balaban J connectivity index is 1.77. The van der Waals surface area contributed by atoms with Crippen LogP contribution in [0.4, 0.5) is 4.39 Å². The average Bonchev–Trinajstić information content (AvgIpc) is 2.87. The lowest BCUT2D eigenvalue weighted by Gasteiger charge is -2.02. The molecule has 0 atom stereocenters. The monoisotopic (exact) mass is 334 g/mol. The maximum absolute atomic E-state index is 12.8. The lowest BCUT2D eigenvalue weighted by molar-refractivity contribution is 0.102. The first-order chi connectivity index (χ1) is 10.5. The van der Waals surface area contributed by atoms with Crippen molar-refractivity contribution in [3.63, 3.8) is 0 Å². The molecule has 112 valence electrons. The van der Waals surface area contributed by atoms with Crippen LogP contribution < -0.4 is 5.56 Å². The van der Waals surface area contributed by atoms with Gasteiger partial charge >= 0.3 is 0 Å². The normalized spacial score (nSPS) is 11.0. The van der Waals surface area contributed by atoms with Gasteiger partial charge in [0.1, 0.15) is 10.6 Å². The molecule has 4 nitrogen and oxygen atoms in total. The van der Waals surface area contributed by atoms with Crippen molar-refractivity contribution in [1.82, 2.24) is 9.97 Å². The number of hydrogen-bond acceptors (Lipinski definition) is 5. The molecule has 0 aliphatic rings. The highest BCUT2D eigenvalue weighted by Gasteiger charge is 2.11. The van der Waals surface area contributed by atoms with Crippen molar-refractivity contribution < 1.29 is 9.18 Å². The molecule has 0 bridgehead atoms. The Hall–Kier alpha value is -1.99. The second-order valence-electron chi connectivity index (χ2n) is 4.69. The van der Waals surface area contributed by atoms with Gasteiger partial charge < -0.3 is 4.98 Å². The number of fused-ring (bicyclic) bond motifs is 1. The van der Waals surface area contributed by atoms with E-state index in [2.05, 4.69) is 9.97 Å².